The number of hydrogen-bond acceptors (Lipinski definition) is 1. The van der Waals surface area contributed by atoms with E-state index in [9.17, 15) is 0 Å². The first-order valence-corrected chi connectivity index (χ1v) is 13.2. The average molecular weight is 402 g/mol. The summed E-state index contributed by atoms with van der Waals surface area (Å²) in [6.45, 7) is 12.0. The van der Waals surface area contributed by atoms with Crippen LogP contribution in [-0.4, -0.2) is 13.8 Å². The lowest BCUT2D eigenvalue weighted by Crippen LogP contribution is -2.76. The third-order valence-electron chi connectivity index (χ3n) is 7.17. The Morgan fingerprint density at radius 2 is 1.17 bits per heavy atom. The second-order valence-electron chi connectivity index (χ2n) is 10.1. The van der Waals surface area contributed by atoms with Crippen LogP contribution >= 0.6 is 0 Å². The molecule has 2 aromatic rings. The molecule has 0 radical (unpaired) electrons. The molecule has 0 amide bonds. The maximum Gasteiger partial charge on any atom is 0.194 e. The zero-order valence-corrected chi connectivity index (χ0v) is 19.5. The van der Waals surface area contributed by atoms with E-state index < -0.39 is 8.24 Å². The second-order valence-corrected chi connectivity index (χ2v) is 13.8. The Bertz CT molecular complexity index is 838. The quantitative estimate of drug-likeness (QED) is 0.699. The average Bonchev–Trinajstić information content (AvgIpc) is 2.98. The molecule has 0 aliphatic heterocycles. The van der Waals surface area contributed by atoms with Crippen molar-refractivity contribution in [2.45, 2.75) is 45.7 Å². The topological polar surface area (TPSA) is 12.0 Å². The van der Waals surface area contributed by atoms with Crippen molar-refractivity contribution in [2.75, 3.05) is 0 Å². The Kier molecular flexibility index (Phi) is 5.43. The molecule has 0 saturated heterocycles. The largest absolute Gasteiger partial charge is 0.325 e. The van der Waals surface area contributed by atoms with Crippen LogP contribution in [0.4, 0.5) is 0 Å². The number of nitrogens with one attached hydrogen (secondary N) is 1. The molecular formula is C27H35NSi. The summed E-state index contributed by atoms with van der Waals surface area (Å²) in [5.74, 6) is 2.57. The van der Waals surface area contributed by atoms with Crippen molar-refractivity contribution >= 4 is 18.6 Å². The van der Waals surface area contributed by atoms with Crippen LogP contribution in [0.25, 0.3) is 0 Å². The molecule has 2 aliphatic carbocycles. The predicted molar refractivity (Wildman–Crippen MR) is 128 cm³/mol. The van der Waals surface area contributed by atoms with Crippen molar-refractivity contribution in [1.29, 1.82) is 0 Å². The van der Waals surface area contributed by atoms with Crippen LogP contribution in [0.15, 0.2) is 85.0 Å². The summed E-state index contributed by atoms with van der Waals surface area (Å²) in [5.41, 5.74) is 0.639. The fourth-order valence-corrected chi connectivity index (χ4v) is 12.2. The summed E-state index contributed by atoms with van der Waals surface area (Å²) in [6, 6.07) is 22.7. The van der Waals surface area contributed by atoms with Crippen molar-refractivity contribution in [3.05, 3.63) is 85.0 Å². The minimum atomic E-state index is -2.30. The molecule has 4 rings (SSSR count). The zero-order valence-electron chi connectivity index (χ0n) is 18.5. The van der Waals surface area contributed by atoms with Crippen LogP contribution in [0.5, 0.6) is 0 Å². The van der Waals surface area contributed by atoms with Gasteiger partial charge in [0.25, 0.3) is 0 Å². The minimum Gasteiger partial charge on any atom is -0.325 e. The first-order valence-electron chi connectivity index (χ1n) is 11.1. The standard InChI is InChI=1S/C27H35NSi/c1-20-21(2)26(25-19-13-12-18-24(20)25)29(28-27(3,4)5,22-14-8-6-9-15-22)23-16-10-7-11-17-23/h6-21,24-26,28H,1-5H3. The normalized spacial score (nSPS) is 29.1. The molecule has 2 aliphatic rings. The molecule has 2 aromatic carbocycles. The second kappa shape index (κ2) is 7.74. The van der Waals surface area contributed by atoms with E-state index in [1.807, 2.05) is 0 Å². The molecule has 5 atom stereocenters. The smallest absolute Gasteiger partial charge is 0.194 e. The third-order valence-corrected chi connectivity index (χ3v) is 12.7. The van der Waals surface area contributed by atoms with Crippen LogP contribution in [-0.2, 0) is 0 Å². The van der Waals surface area contributed by atoms with Gasteiger partial charge in [0.1, 0.15) is 0 Å². The minimum absolute atomic E-state index is 0.0349. The summed E-state index contributed by atoms with van der Waals surface area (Å²) in [5, 5.41) is 3.02. The summed E-state index contributed by atoms with van der Waals surface area (Å²) in [6.07, 6.45) is 9.52. The third kappa shape index (κ3) is 3.58. The Labute approximate surface area is 178 Å². The Hall–Kier alpha value is -1.90. The highest BCUT2D eigenvalue weighted by Gasteiger charge is 2.58. The summed E-state index contributed by atoms with van der Waals surface area (Å²) >= 11 is 0. The fourth-order valence-electron chi connectivity index (χ4n) is 6.01. The van der Waals surface area contributed by atoms with Gasteiger partial charge in [-0.25, -0.2) is 0 Å². The zero-order chi connectivity index (χ0) is 20.6. The van der Waals surface area contributed by atoms with E-state index in [4.69, 9.17) is 0 Å². The van der Waals surface area contributed by atoms with Crippen molar-refractivity contribution in [1.82, 2.24) is 4.98 Å². The molecule has 0 aromatic heterocycles. The summed E-state index contributed by atoms with van der Waals surface area (Å²) < 4.78 is 0. The van der Waals surface area contributed by atoms with Gasteiger partial charge in [-0.3, -0.25) is 0 Å². The number of allylic oxidation sites excluding steroid dienone is 4. The van der Waals surface area contributed by atoms with E-state index in [0.29, 0.717) is 29.2 Å². The number of rotatable bonds is 4. The molecule has 0 spiro atoms. The van der Waals surface area contributed by atoms with Crippen molar-refractivity contribution in [3.63, 3.8) is 0 Å². The molecule has 1 saturated carbocycles. The molecule has 0 heterocycles. The molecule has 1 nitrogen and oxygen atoms in total. The van der Waals surface area contributed by atoms with E-state index in [1.165, 1.54) is 10.4 Å². The molecule has 5 unspecified atom stereocenters. The summed E-state index contributed by atoms with van der Waals surface area (Å²) in [7, 11) is -2.30. The first-order chi connectivity index (χ1) is 13.8. The lowest BCUT2D eigenvalue weighted by atomic mass is 9.86. The lowest BCUT2D eigenvalue weighted by molar-refractivity contribution is 0.394. The van der Waals surface area contributed by atoms with Gasteiger partial charge in [0.05, 0.1) is 0 Å². The molecular weight excluding hydrogens is 366 g/mol. The highest BCUT2D eigenvalue weighted by Crippen LogP contribution is 2.55. The maximum atomic E-state index is 4.31. The van der Waals surface area contributed by atoms with Crippen molar-refractivity contribution in [3.8, 4) is 0 Å². The van der Waals surface area contributed by atoms with Crippen LogP contribution in [0.2, 0.25) is 5.54 Å². The van der Waals surface area contributed by atoms with E-state index in [2.05, 4.69) is 125 Å². The summed E-state index contributed by atoms with van der Waals surface area (Å²) in [4.78, 5) is 4.31. The fraction of sp³-hybridized carbons (Fsp3) is 0.407. The molecule has 0 bridgehead atoms. The van der Waals surface area contributed by atoms with E-state index in [1.54, 1.807) is 0 Å². The van der Waals surface area contributed by atoms with Gasteiger partial charge in [-0.05, 0) is 60.4 Å². The van der Waals surface area contributed by atoms with Gasteiger partial charge in [-0.1, -0.05) is 98.8 Å². The SMILES string of the molecule is CC1C(C)C([Si](NC(C)(C)C)(c2ccccc2)c2ccccc2)C2C=CC=CC12. The lowest BCUT2D eigenvalue weighted by Gasteiger charge is -2.47. The molecule has 152 valence electrons. The first kappa shape index (κ1) is 20.4. The van der Waals surface area contributed by atoms with Crippen molar-refractivity contribution < 1.29 is 0 Å². The van der Waals surface area contributed by atoms with Gasteiger partial charge >= 0.3 is 0 Å². The number of fused-ring (bicyclic) bond motifs is 1. The van der Waals surface area contributed by atoms with E-state index in [-0.39, 0.29) is 5.54 Å². The van der Waals surface area contributed by atoms with Gasteiger partial charge in [0.15, 0.2) is 8.24 Å². The van der Waals surface area contributed by atoms with Gasteiger partial charge < -0.3 is 4.98 Å². The van der Waals surface area contributed by atoms with Crippen LogP contribution in [0, 0.1) is 23.7 Å². The van der Waals surface area contributed by atoms with E-state index >= 15 is 0 Å². The predicted octanol–water partition coefficient (Wildman–Crippen LogP) is 5.15. The molecule has 29 heavy (non-hydrogen) atoms. The maximum absolute atomic E-state index is 4.31. The number of benzene rings is 2. The Morgan fingerprint density at radius 3 is 1.66 bits per heavy atom. The van der Waals surface area contributed by atoms with Gasteiger partial charge in [0, 0.05) is 5.54 Å². The molecule has 1 fully saturated rings. The Morgan fingerprint density at radius 1 is 0.690 bits per heavy atom. The molecule has 1 N–H and O–H groups in total. The number of hydrogen-bond donors (Lipinski definition) is 1. The highest BCUT2D eigenvalue weighted by molar-refractivity contribution is 7.01. The van der Waals surface area contributed by atoms with Crippen molar-refractivity contribution in [2.24, 2.45) is 23.7 Å². The van der Waals surface area contributed by atoms with Gasteiger partial charge in [-0.2, -0.15) is 0 Å². The van der Waals surface area contributed by atoms with Gasteiger partial charge in [0.2, 0.25) is 0 Å². The molecule has 2 heteroatoms. The van der Waals surface area contributed by atoms with Crippen LogP contribution < -0.4 is 15.4 Å². The van der Waals surface area contributed by atoms with E-state index in [0.717, 1.165) is 0 Å². The van der Waals surface area contributed by atoms with Crippen LogP contribution in [0.3, 0.4) is 0 Å². The van der Waals surface area contributed by atoms with Crippen LogP contribution in [0.1, 0.15) is 34.6 Å². The Balaban J connectivity index is 1.99. The monoisotopic (exact) mass is 401 g/mol. The van der Waals surface area contributed by atoms with Gasteiger partial charge in [-0.15, -0.1) is 0 Å². The highest BCUT2D eigenvalue weighted by atomic mass is 28.3.